The summed E-state index contributed by atoms with van der Waals surface area (Å²) < 4.78 is 2.16. The minimum atomic E-state index is -0.131. The van der Waals surface area contributed by atoms with Gasteiger partial charge in [-0.25, -0.2) is 4.98 Å². The van der Waals surface area contributed by atoms with Gasteiger partial charge in [0.2, 0.25) is 11.9 Å². The molecule has 0 N–H and O–H groups in total. The molecule has 1 aliphatic heterocycles. The quantitative estimate of drug-likeness (QED) is 0.608. The first kappa shape index (κ1) is 20.4. The first-order chi connectivity index (χ1) is 14.6. The zero-order valence-electron chi connectivity index (χ0n) is 17.5. The predicted molar refractivity (Wildman–Crippen MR) is 123 cm³/mol. The van der Waals surface area contributed by atoms with Crippen molar-refractivity contribution in [2.75, 3.05) is 49.1 Å². The van der Waals surface area contributed by atoms with Gasteiger partial charge < -0.3 is 14.7 Å². The highest BCUT2D eigenvalue weighted by Crippen LogP contribution is 2.20. The summed E-state index contributed by atoms with van der Waals surface area (Å²) in [7, 11) is 0. The molecule has 7 nitrogen and oxygen atoms in total. The van der Waals surface area contributed by atoms with Crippen LogP contribution in [0.2, 0.25) is 0 Å². The first-order valence-electron chi connectivity index (χ1n) is 10.4. The standard InChI is InChI=1S/C22H27N5O2S/c1-3-24(4-2)22-23-18-10-15-30-20(18)21(29)27(22)16-19(28)26-13-11-25(12-14-26)17-8-6-5-7-9-17/h5-10,15H,3-4,11-14,16H2,1-2H3. The highest BCUT2D eigenvalue weighted by atomic mass is 32.1. The van der Waals surface area contributed by atoms with Gasteiger partial charge in [-0.15, -0.1) is 11.3 Å². The van der Waals surface area contributed by atoms with Gasteiger partial charge in [0.1, 0.15) is 11.2 Å². The van der Waals surface area contributed by atoms with E-state index in [1.807, 2.05) is 53.3 Å². The molecule has 0 radical (unpaired) electrons. The van der Waals surface area contributed by atoms with Gasteiger partial charge in [0.25, 0.3) is 5.56 Å². The molecular formula is C22H27N5O2S. The molecule has 0 aliphatic carbocycles. The highest BCUT2D eigenvalue weighted by Gasteiger charge is 2.24. The normalized spacial score (nSPS) is 14.3. The van der Waals surface area contributed by atoms with Crippen molar-refractivity contribution in [2.24, 2.45) is 0 Å². The lowest BCUT2D eigenvalue weighted by atomic mass is 10.2. The Kier molecular flexibility index (Phi) is 6.03. The van der Waals surface area contributed by atoms with E-state index in [1.54, 1.807) is 4.57 Å². The molecule has 1 saturated heterocycles. The van der Waals surface area contributed by atoms with Gasteiger partial charge in [-0.3, -0.25) is 14.2 Å². The number of hydrogen-bond acceptors (Lipinski definition) is 6. The third-order valence-electron chi connectivity index (χ3n) is 5.64. The number of carbonyl (C=O) groups is 1. The van der Waals surface area contributed by atoms with E-state index in [1.165, 1.54) is 17.0 Å². The SMILES string of the molecule is CCN(CC)c1nc2ccsc2c(=O)n1CC(=O)N1CCN(c2ccccc2)CC1. The molecule has 3 heterocycles. The summed E-state index contributed by atoms with van der Waals surface area (Å²) in [5.74, 6) is 0.545. The van der Waals surface area contributed by atoms with Crippen LogP contribution in [0.4, 0.5) is 11.6 Å². The van der Waals surface area contributed by atoms with Crippen LogP contribution in [-0.2, 0) is 11.3 Å². The Bertz CT molecular complexity index is 1070. The average Bonchev–Trinajstić information content (AvgIpc) is 3.26. The van der Waals surface area contributed by atoms with Gasteiger partial charge in [0, 0.05) is 45.0 Å². The van der Waals surface area contributed by atoms with E-state index in [9.17, 15) is 9.59 Å². The van der Waals surface area contributed by atoms with Crippen molar-refractivity contribution < 1.29 is 4.79 Å². The number of para-hydroxylation sites is 1. The van der Waals surface area contributed by atoms with Gasteiger partial charge in [-0.1, -0.05) is 18.2 Å². The Balaban J connectivity index is 1.54. The lowest BCUT2D eigenvalue weighted by Gasteiger charge is -2.36. The van der Waals surface area contributed by atoms with Crippen LogP contribution in [0.3, 0.4) is 0 Å². The van der Waals surface area contributed by atoms with E-state index in [2.05, 4.69) is 17.0 Å². The Morgan fingerprint density at radius 2 is 1.77 bits per heavy atom. The van der Waals surface area contributed by atoms with Gasteiger partial charge in [0.05, 0.1) is 5.52 Å². The number of carbonyl (C=O) groups excluding carboxylic acids is 1. The second kappa shape index (κ2) is 8.87. The maximum atomic E-state index is 13.1. The lowest BCUT2D eigenvalue weighted by molar-refractivity contribution is -0.132. The number of benzene rings is 1. The van der Waals surface area contributed by atoms with Crippen LogP contribution in [0.15, 0.2) is 46.6 Å². The Morgan fingerprint density at radius 3 is 2.43 bits per heavy atom. The number of hydrogen-bond donors (Lipinski definition) is 0. The number of nitrogens with zero attached hydrogens (tertiary/aromatic N) is 5. The van der Waals surface area contributed by atoms with Crippen LogP contribution < -0.4 is 15.4 Å². The molecule has 158 valence electrons. The number of piperazine rings is 1. The van der Waals surface area contributed by atoms with E-state index in [4.69, 9.17) is 4.98 Å². The molecule has 0 spiro atoms. The van der Waals surface area contributed by atoms with Crippen molar-refractivity contribution >= 4 is 39.1 Å². The maximum absolute atomic E-state index is 13.1. The van der Waals surface area contributed by atoms with Crippen LogP contribution in [0.25, 0.3) is 10.2 Å². The van der Waals surface area contributed by atoms with Gasteiger partial charge in [-0.05, 0) is 37.4 Å². The van der Waals surface area contributed by atoms with Gasteiger partial charge in [-0.2, -0.15) is 0 Å². The molecule has 0 saturated carbocycles. The van der Waals surface area contributed by atoms with Crippen LogP contribution in [-0.4, -0.2) is 59.6 Å². The first-order valence-corrected chi connectivity index (χ1v) is 11.3. The zero-order valence-corrected chi connectivity index (χ0v) is 18.3. The third-order valence-corrected chi connectivity index (χ3v) is 6.53. The summed E-state index contributed by atoms with van der Waals surface area (Å²) in [6, 6.07) is 12.1. The second-order valence-electron chi connectivity index (χ2n) is 7.31. The number of fused-ring (bicyclic) bond motifs is 1. The molecule has 1 aromatic carbocycles. The molecular weight excluding hydrogens is 398 g/mol. The van der Waals surface area contributed by atoms with Crippen molar-refractivity contribution in [1.82, 2.24) is 14.5 Å². The van der Waals surface area contributed by atoms with Crippen LogP contribution in [0.5, 0.6) is 0 Å². The molecule has 2 aromatic heterocycles. The van der Waals surface area contributed by atoms with Crippen LogP contribution >= 0.6 is 11.3 Å². The van der Waals surface area contributed by atoms with Crippen LogP contribution in [0.1, 0.15) is 13.8 Å². The molecule has 3 aromatic rings. The molecule has 1 amide bonds. The summed E-state index contributed by atoms with van der Waals surface area (Å²) in [6.07, 6.45) is 0. The van der Waals surface area contributed by atoms with Crippen molar-refractivity contribution in [3.8, 4) is 0 Å². The van der Waals surface area contributed by atoms with E-state index in [0.717, 1.165) is 26.2 Å². The summed E-state index contributed by atoms with van der Waals surface area (Å²) in [5, 5.41) is 1.88. The lowest BCUT2D eigenvalue weighted by Crippen LogP contribution is -2.50. The molecule has 0 unspecified atom stereocenters. The number of aromatic nitrogens is 2. The number of anilines is 2. The van der Waals surface area contributed by atoms with Crippen molar-refractivity contribution in [3.63, 3.8) is 0 Å². The van der Waals surface area contributed by atoms with Crippen molar-refractivity contribution in [1.29, 1.82) is 0 Å². The highest BCUT2D eigenvalue weighted by molar-refractivity contribution is 7.17. The maximum Gasteiger partial charge on any atom is 0.273 e. The molecule has 30 heavy (non-hydrogen) atoms. The summed E-state index contributed by atoms with van der Waals surface area (Å²) in [6.45, 7) is 8.41. The molecule has 0 atom stereocenters. The second-order valence-corrected chi connectivity index (χ2v) is 8.23. The molecule has 1 fully saturated rings. The van der Waals surface area contributed by atoms with Crippen LogP contribution in [0, 0.1) is 0 Å². The molecule has 8 heteroatoms. The molecule has 1 aliphatic rings. The Hall–Kier alpha value is -2.87. The summed E-state index contributed by atoms with van der Waals surface area (Å²) in [4.78, 5) is 37.1. The number of thiophene rings is 1. The van der Waals surface area contributed by atoms with Crippen molar-refractivity contribution in [3.05, 3.63) is 52.1 Å². The minimum absolute atomic E-state index is 0.0246. The van der Waals surface area contributed by atoms with Gasteiger partial charge >= 0.3 is 0 Å². The minimum Gasteiger partial charge on any atom is -0.368 e. The molecule has 0 bridgehead atoms. The van der Waals surface area contributed by atoms with Gasteiger partial charge in [0.15, 0.2) is 0 Å². The topological polar surface area (TPSA) is 61.7 Å². The third kappa shape index (κ3) is 3.92. The molecule has 4 rings (SSSR count). The number of amides is 1. The predicted octanol–water partition coefficient (Wildman–Crippen LogP) is 2.65. The van der Waals surface area contributed by atoms with E-state index in [0.29, 0.717) is 29.3 Å². The summed E-state index contributed by atoms with van der Waals surface area (Å²) >= 11 is 1.38. The number of rotatable bonds is 6. The Morgan fingerprint density at radius 1 is 1.07 bits per heavy atom. The fourth-order valence-electron chi connectivity index (χ4n) is 3.91. The van der Waals surface area contributed by atoms with E-state index in [-0.39, 0.29) is 18.0 Å². The summed E-state index contributed by atoms with van der Waals surface area (Å²) in [5.41, 5.74) is 1.75. The smallest absolute Gasteiger partial charge is 0.273 e. The largest absolute Gasteiger partial charge is 0.368 e. The monoisotopic (exact) mass is 425 g/mol. The fraction of sp³-hybridized carbons (Fsp3) is 0.409. The average molecular weight is 426 g/mol. The zero-order chi connectivity index (χ0) is 21.1. The Labute approximate surface area is 180 Å². The van der Waals surface area contributed by atoms with Crippen molar-refractivity contribution in [2.45, 2.75) is 20.4 Å². The fourth-order valence-corrected chi connectivity index (χ4v) is 4.69. The van der Waals surface area contributed by atoms with E-state index >= 15 is 0 Å². The van der Waals surface area contributed by atoms with E-state index < -0.39 is 0 Å².